The first-order chi connectivity index (χ1) is 14.5. The molecule has 6 heteroatoms. The third kappa shape index (κ3) is 2.94. The maximum Gasteiger partial charge on any atom is 0.415 e. The zero-order valence-electron chi connectivity index (χ0n) is 15.9. The van der Waals surface area contributed by atoms with Crippen molar-refractivity contribution in [1.29, 1.82) is 0 Å². The number of carbonyl (C=O) groups excluding carboxylic acids is 1. The molecule has 1 N–H and O–H groups in total. The highest BCUT2D eigenvalue weighted by atomic mass is 35.5. The molecule has 3 aromatic rings. The first-order valence-electron chi connectivity index (χ1n) is 9.70. The Morgan fingerprint density at radius 2 is 1.63 bits per heavy atom. The Kier molecular flexibility index (Phi) is 4.48. The Labute approximate surface area is 178 Å². The summed E-state index contributed by atoms with van der Waals surface area (Å²) < 4.78 is 5.68. The van der Waals surface area contributed by atoms with Crippen LogP contribution in [-0.2, 0) is 16.0 Å². The van der Waals surface area contributed by atoms with E-state index in [1.165, 1.54) is 4.90 Å². The zero-order valence-corrected chi connectivity index (χ0v) is 16.7. The Hall–Kier alpha value is -3.31. The van der Waals surface area contributed by atoms with Crippen LogP contribution in [0.3, 0.4) is 0 Å². The maximum atomic E-state index is 13.0. The van der Waals surface area contributed by atoms with E-state index in [1.807, 2.05) is 36.4 Å². The molecule has 30 heavy (non-hydrogen) atoms. The number of halogens is 1. The molecule has 0 aromatic heterocycles. The number of ether oxygens (including phenoxy) is 1. The largest absolute Gasteiger partial charge is 0.480 e. The van der Waals surface area contributed by atoms with Gasteiger partial charge in [-0.15, -0.1) is 0 Å². The third-order valence-corrected chi connectivity index (χ3v) is 6.08. The number of nitrogens with zero attached hydrogens (tertiary/aromatic N) is 1. The predicted octanol–water partition coefficient (Wildman–Crippen LogP) is 5.10. The molecule has 0 bridgehead atoms. The SMILES string of the molecule is O=C(O)[C@@H]1Cc2cc(Cl)ccc2N1C(=O)OCC1c2ccccc2-c2ccccc21. The monoisotopic (exact) mass is 419 g/mol. The standard InChI is InChI=1S/C24H18ClNO4/c25-15-9-10-21-14(11-15)12-22(23(27)28)26(21)24(29)30-13-20-18-7-3-1-5-16(18)17-6-2-4-8-19(17)20/h1-11,20,22H,12-13H2,(H,27,28)/t22-/m0/s1. The molecule has 1 amide bonds. The number of amides is 1. The van der Waals surface area contributed by atoms with E-state index in [0.29, 0.717) is 10.7 Å². The van der Waals surface area contributed by atoms with Gasteiger partial charge in [-0.1, -0.05) is 60.1 Å². The molecule has 1 aliphatic carbocycles. The average molecular weight is 420 g/mol. The quantitative estimate of drug-likeness (QED) is 0.641. The van der Waals surface area contributed by atoms with Crippen LogP contribution in [0.5, 0.6) is 0 Å². The lowest BCUT2D eigenvalue weighted by Gasteiger charge is -2.23. The lowest BCUT2D eigenvalue weighted by Crippen LogP contribution is -2.43. The number of hydrogen-bond donors (Lipinski definition) is 1. The summed E-state index contributed by atoms with van der Waals surface area (Å²) in [5, 5.41) is 10.1. The van der Waals surface area contributed by atoms with Gasteiger partial charge in [0.1, 0.15) is 12.6 Å². The van der Waals surface area contributed by atoms with E-state index in [9.17, 15) is 14.7 Å². The highest BCUT2D eigenvalue weighted by Crippen LogP contribution is 2.44. The second-order valence-electron chi connectivity index (χ2n) is 7.51. The Morgan fingerprint density at radius 3 is 2.27 bits per heavy atom. The summed E-state index contributed by atoms with van der Waals surface area (Å²) in [5.41, 5.74) is 5.75. The number of hydrogen-bond acceptors (Lipinski definition) is 3. The van der Waals surface area contributed by atoms with Gasteiger partial charge in [0, 0.05) is 17.4 Å². The zero-order chi connectivity index (χ0) is 20.8. The van der Waals surface area contributed by atoms with Crippen LogP contribution < -0.4 is 4.90 Å². The molecule has 1 atom stereocenters. The molecule has 0 radical (unpaired) electrons. The molecule has 0 spiro atoms. The Morgan fingerprint density at radius 1 is 1.00 bits per heavy atom. The van der Waals surface area contributed by atoms with Gasteiger partial charge in [-0.3, -0.25) is 4.90 Å². The van der Waals surface area contributed by atoms with Gasteiger partial charge in [-0.2, -0.15) is 0 Å². The molecule has 5 nitrogen and oxygen atoms in total. The number of aliphatic carboxylic acids is 1. The highest BCUT2D eigenvalue weighted by molar-refractivity contribution is 6.30. The van der Waals surface area contributed by atoms with E-state index in [0.717, 1.165) is 27.8 Å². The van der Waals surface area contributed by atoms with Gasteiger partial charge in [-0.25, -0.2) is 9.59 Å². The lowest BCUT2D eigenvalue weighted by molar-refractivity contribution is -0.138. The van der Waals surface area contributed by atoms with Crippen LogP contribution in [-0.4, -0.2) is 29.8 Å². The molecule has 3 aromatic carbocycles. The number of carboxylic acids is 1. The van der Waals surface area contributed by atoms with Crippen LogP contribution >= 0.6 is 11.6 Å². The van der Waals surface area contributed by atoms with E-state index < -0.39 is 18.1 Å². The number of fused-ring (bicyclic) bond motifs is 4. The van der Waals surface area contributed by atoms with Crippen LogP contribution in [0.25, 0.3) is 11.1 Å². The van der Waals surface area contributed by atoms with Gasteiger partial charge in [0.05, 0.1) is 5.69 Å². The number of carboxylic acid groups (broad SMARTS) is 1. The fourth-order valence-electron chi connectivity index (χ4n) is 4.51. The molecule has 0 unspecified atom stereocenters. The van der Waals surface area contributed by atoms with Gasteiger partial charge < -0.3 is 9.84 Å². The Balaban J connectivity index is 1.42. The van der Waals surface area contributed by atoms with Crippen molar-refractivity contribution in [2.75, 3.05) is 11.5 Å². The van der Waals surface area contributed by atoms with Gasteiger partial charge in [0.2, 0.25) is 0 Å². The topological polar surface area (TPSA) is 66.8 Å². The molecule has 2 aliphatic rings. The van der Waals surface area contributed by atoms with Crippen molar-refractivity contribution in [3.05, 3.63) is 88.4 Å². The summed E-state index contributed by atoms with van der Waals surface area (Å²) in [6, 6.07) is 20.2. The lowest BCUT2D eigenvalue weighted by atomic mass is 9.98. The first-order valence-corrected chi connectivity index (χ1v) is 10.1. The van der Waals surface area contributed by atoms with Crippen molar-refractivity contribution in [2.45, 2.75) is 18.4 Å². The van der Waals surface area contributed by atoms with E-state index in [2.05, 4.69) is 12.1 Å². The van der Waals surface area contributed by atoms with E-state index in [1.54, 1.807) is 18.2 Å². The fraction of sp³-hybridized carbons (Fsp3) is 0.167. The Bertz CT molecular complexity index is 1130. The second-order valence-corrected chi connectivity index (χ2v) is 7.94. The summed E-state index contributed by atoms with van der Waals surface area (Å²) in [6.45, 7) is 0.138. The van der Waals surface area contributed by atoms with E-state index in [-0.39, 0.29) is 18.9 Å². The summed E-state index contributed by atoms with van der Waals surface area (Å²) in [4.78, 5) is 26.0. The fourth-order valence-corrected chi connectivity index (χ4v) is 4.70. The van der Waals surface area contributed by atoms with Crippen molar-refractivity contribution in [1.82, 2.24) is 0 Å². The highest BCUT2D eigenvalue weighted by Gasteiger charge is 2.40. The van der Waals surface area contributed by atoms with E-state index in [4.69, 9.17) is 16.3 Å². The van der Waals surface area contributed by atoms with Crippen LogP contribution in [0, 0.1) is 0 Å². The number of anilines is 1. The summed E-state index contributed by atoms with van der Waals surface area (Å²) in [5.74, 6) is -1.16. The van der Waals surface area contributed by atoms with Crippen molar-refractivity contribution in [3.63, 3.8) is 0 Å². The minimum absolute atomic E-state index is 0.0862. The molecule has 5 rings (SSSR count). The summed E-state index contributed by atoms with van der Waals surface area (Å²) in [7, 11) is 0. The van der Waals surface area contributed by atoms with Gasteiger partial charge in [-0.05, 0) is 46.0 Å². The molecule has 150 valence electrons. The molecule has 0 saturated carbocycles. The minimum Gasteiger partial charge on any atom is -0.480 e. The third-order valence-electron chi connectivity index (χ3n) is 5.84. The molecule has 1 aliphatic heterocycles. The molecular formula is C24H18ClNO4. The van der Waals surface area contributed by atoms with Gasteiger partial charge >= 0.3 is 12.1 Å². The van der Waals surface area contributed by atoms with Crippen LogP contribution in [0.1, 0.15) is 22.6 Å². The summed E-state index contributed by atoms with van der Waals surface area (Å²) in [6.07, 6.45) is -0.458. The van der Waals surface area contributed by atoms with Crippen molar-refractivity contribution in [3.8, 4) is 11.1 Å². The number of benzene rings is 3. The summed E-state index contributed by atoms with van der Waals surface area (Å²) >= 11 is 6.04. The van der Waals surface area contributed by atoms with Crippen LogP contribution in [0.15, 0.2) is 66.7 Å². The smallest absolute Gasteiger partial charge is 0.415 e. The first kappa shape index (κ1) is 18.7. The second kappa shape index (κ2) is 7.18. The maximum absolute atomic E-state index is 13.0. The van der Waals surface area contributed by atoms with Gasteiger partial charge in [0.25, 0.3) is 0 Å². The molecular weight excluding hydrogens is 402 g/mol. The predicted molar refractivity (Wildman–Crippen MR) is 114 cm³/mol. The normalized spacial score (nSPS) is 16.7. The number of rotatable bonds is 3. The average Bonchev–Trinajstić information content (AvgIpc) is 3.28. The molecule has 1 heterocycles. The van der Waals surface area contributed by atoms with E-state index >= 15 is 0 Å². The number of carbonyl (C=O) groups is 2. The van der Waals surface area contributed by atoms with Crippen LogP contribution in [0.4, 0.5) is 10.5 Å². The molecule has 0 fully saturated rings. The van der Waals surface area contributed by atoms with Crippen molar-refractivity contribution in [2.24, 2.45) is 0 Å². The van der Waals surface area contributed by atoms with Crippen molar-refractivity contribution >= 4 is 29.4 Å². The van der Waals surface area contributed by atoms with Crippen LogP contribution in [0.2, 0.25) is 5.02 Å². The van der Waals surface area contributed by atoms with Gasteiger partial charge in [0.15, 0.2) is 0 Å². The minimum atomic E-state index is -1.07. The van der Waals surface area contributed by atoms with Crippen molar-refractivity contribution < 1.29 is 19.4 Å². The molecule has 0 saturated heterocycles.